The predicted molar refractivity (Wildman–Crippen MR) is 83.6 cm³/mol. The lowest BCUT2D eigenvalue weighted by molar-refractivity contribution is 0.490. The third kappa shape index (κ3) is 3.75. The molecule has 1 aromatic heterocycles. The summed E-state index contributed by atoms with van der Waals surface area (Å²) in [5.74, 6) is 0.902. The zero-order valence-corrected chi connectivity index (χ0v) is 13.1. The number of halogens is 1. The minimum Gasteiger partial charge on any atom is -0.382 e. The zero-order valence-electron chi connectivity index (χ0n) is 12.4. The Morgan fingerprint density at radius 3 is 2.80 bits per heavy atom. The molecule has 0 bridgehead atoms. The van der Waals surface area contributed by atoms with Crippen molar-refractivity contribution in [2.24, 2.45) is 5.92 Å². The summed E-state index contributed by atoms with van der Waals surface area (Å²) in [7, 11) is 0. The first-order chi connectivity index (χ1) is 9.59. The maximum atomic E-state index is 12.0. The Balaban J connectivity index is 1.86. The second-order valence-electron chi connectivity index (χ2n) is 5.94. The minimum atomic E-state index is -0.220. The minimum absolute atomic E-state index is 0.0245. The van der Waals surface area contributed by atoms with Gasteiger partial charge in [0, 0.05) is 6.54 Å². The van der Waals surface area contributed by atoms with Gasteiger partial charge in [0.25, 0.3) is 5.56 Å². The zero-order chi connectivity index (χ0) is 14.5. The molecule has 2 rings (SSSR count). The summed E-state index contributed by atoms with van der Waals surface area (Å²) in [6, 6.07) is 0.0245. The summed E-state index contributed by atoms with van der Waals surface area (Å²) in [5, 5.41) is 7.63. The Kier molecular flexibility index (Phi) is 5.46. The highest BCUT2D eigenvalue weighted by Gasteiger charge is 2.14. The molecular weight excluding hydrogens is 274 g/mol. The molecule has 0 amide bonds. The van der Waals surface area contributed by atoms with Crippen molar-refractivity contribution in [1.82, 2.24) is 9.78 Å². The quantitative estimate of drug-likeness (QED) is 0.811. The van der Waals surface area contributed by atoms with Crippen molar-refractivity contribution in [1.29, 1.82) is 0 Å². The van der Waals surface area contributed by atoms with Crippen molar-refractivity contribution in [3.05, 3.63) is 21.6 Å². The molecule has 1 saturated carbocycles. The second kappa shape index (κ2) is 7.11. The lowest BCUT2D eigenvalue weighted by Gasteiger charge is -2.13. The molecule has 0 aromatic carbocycles. The Hall–Kier alpha value is -1.03. The SMILES string of the molecule is CC(C)n1ncc(NCCCC2CCCC2)c(Cl)c1=O. The van der Waals surface area contributed by atoms with Gasteiger partial charge in [-0.1, -0.05) is 37.3 Å². The average Bonchev–Trinajstić information content (AvgIpc) is 2.92. The maximum absolute atomic E-state index is 12.0. The van der Waals surface area contributed by atoms with Crippen LogP contribution in [0.3, 0.4) is 0 Å². The molecule has 1 N–H and O–H groups in total. The van der Waals surface area contributed by atoms with Gasteiger partial charge in [0.2, 0.25) is 0 Å². The first-order valence-electron chi connectivity index (χ1n) is 7.60. The number of hydrogen-bond donors (Lipinski definition) is 1. The van der Waals surface area contributed by atoms with Crippen molar-refractivity contribution < 1.29 is 0 Å². The molecule has 0 saturated heterocycles. The number of hydrogen-bond acceptors (Lipinski definition) is 3. The molecule has 0 atom stereocenters. The topological polar surface area (TPSA) is 46.9 Å². The van der Waals surface area contributed by atoms with Gasteiger partial charge in [0.05, 0.1) is 17.9 Å². The molecule has 1 aromatic rings. The van der Waals surface area contributed by atoms with Crippen LogP contribution in [-0.4, -0.2) is 16.3 Å². The van der Waals surface area contributed by atoms with E-state index in [4.69, 9.17) is 11.6 Å². The van der Waals surface area contributed by atoms with Crippen molar-refractivity contribution >= 4 is 17.3 Å². The van der Waals surface area contributed by atoms with E-state index in [2.05, 4.69) is 10.4 Å². The van der Waals surface area contributed by atoms with E-state index in [-0.39, 0.29) is 16.6 Å². The van der Waals surface area contributed by atoms with Gasteiger partial charge in [-0.25, -0.2) is 4.68 Å². The van der Waals surface area contributed by atoms with Gasteiger partial charge in [-0.2, -0.15) is 5.10 Å². The van der Waals surface area contributed by atoms with Crippen LogP contribution in [0.2, 0.25) is 5.02 Å². The van der Waals surface area contributed by atoms with Crippen molar-refractivity contribution in [2.45, 2.75) is 58.4 Å². The largest absolute Gasteiger partial charge is 0.382 e. The molecule has 4 nitrogen and oxygen atoms in total. The van der Waals surface area contributed by atoms with Crippen LogP contribution in [-0.2, 0) is 0 Å². The summed E-state index contributed by atoms with van der Waals surface area (Å²) in [6.45, 7) is 4.68. The van der Waals surface area contributed by atoms with Crippen LogP contribution in [0.4, 0.5) is 5.69 Å². The van der Waals surface area contributed by atoms with Gasteiger partial charge in [-0.15, -0.1) is 0 Å². The molecule has 0 aliphatic heterocycles. The summed E-state index contributed by atoms with van der Waals surface area (Å²) >= 11 is 6.11. The van der Waals surface area contributed by atoms with Gasteiger partial charge in [-0.3, -0.25) is 4.79 Å². The highest BCUT2D eigenvalue weighted by molar-refractivity contribution is 6.32. The van der Waals surface area contributed by atoms with E-state index in [1.807, 2.05) is 13.8 Å². The molecule has 0 unspecified atom stereocenters. The molecular formula is C15H24ClN3O. The van der Waals surface area contributed by atoms with Gasteiger partial charge >= 0.3 is 0 Å². The summed E-state index contributed by atoms with van der Waals surface area (Å²) in [5.41, 5.74) is 0.433. The first kappa shape index (κ1) is 15.4. The highest BCUT2D eigenvalue weighted by Crippen LogP contribution is 2.28. The van der Waals surface area contributed by atoms with E-state index in [1.165, 1.54) is 36.8 Å². The van der Waals surface area contributed by atoms with E-state index in [0.717, 1.165) is 18.9 Å². The summed E-state index contributed by atoms with van der Waals surface area (Å²) in [4.78, 5) is 12.0. The van der Waals surface area contributed by atoms with Gasteiger partial charge in [0.15, 0.2) is 0 Å². The second-order valence-corrected chi connectivity index (χ2v) is 6.31. The molecule has 5 heteroatoms. The van der Waals surface area contributed by atoms with Crippen LogP contribution in [0.1, 0.15) is 58.4 Å². The van der Waals surface area contributed by atoms with E-state index in [1.54, 1.807) is 6.20 Å². The molecule has 0 spiro atoms. The fraction of sp³-hybridized carbons (Fsp3) is 0.733. The van der Waals surface area contributed by atoms with Crippen LogP contribution in [0.15, 0.2) is 11.0 Å². The lowest BCUT2D eigenvalue weighted by Crippen LogP contribution is -2.25. The van der Waals surface area contributed by atoms with E-state index in [0.29, 0.717) is 5.69 Å². The van der Waals surface area contributed by atoms with Crippen LogP contribution in [0.25, 0.3) is 0 Å². The number of nitrogens with zero attached hydrogens (tertiary/aromatic N) is 2. The van der Waals surface area contributed by atoms with Crippen LogP contribution in [0.5, 0.6) is 0 Å². The number of aromatic nitrogens is 2. The Bertz CT molecular complexity index is 492. The first-order valence-corrected chi connectivity index (χ1v) is 7.98. The highest BCUT2D eigenvalue weighted by atomic mass is 35.5. The predicted octanol–water partition coefficient (Wildman–Crippen LogP) is 3.86. The number of rotatable bonds is 6. The third-order valence-corrected chi connectivity index (χ3v) is 4.38. The van der Waals surface area contributed by atoms with E-state index in [9.17, 15) is 4.79 Å². The van der Waals surface area contributed by atoms with Crippen molar-refractivity contribution in [3.8, 4) is 0 Å². The Morgan fingerprint density at radius 1 is 1.45 bits per heavy atom. The van der Waals surface area contributed by atoms with Gasteiger partial charge < -0.3 is 5.32 Å². The van der Waals surface area contributed by atoms with Crippen molar-refractivity contribution in [2.75, 3.05) is 11.9 Å². The van der Waals surface area contributed by atoms with E-state index < -0.39 is 0 Å². The number of anilines is 1. The average molecular weight is 298 g/mol. The Morgan fingerprint density at radius 2 is 2.15 bits per heavy atom. The maximum Gasteiger partial charge on any atom is 0.287 e. The fourth-order valence-corrected chi connectivity index (χ4v) is 3.05. The molecule has 1 fully saturated rings. The molecule has 112 valence electrons. The normalized spacial score (nSPS) is 16.0. The van der Waals surface area contributed by atoms with Crippen LogP contribution < -0.4 is 10.9 Å². The molecule has 1 aliphatic rings. The molecule has 20 heavy (non-hydrogen) atoms. The van der Waals surface area contributed by atoms with Crippen LogP contribution in [0, 0.1) is 5.92 Å². The van der Waals surface area contributed by atoms with Crippen LogP contribution >= 0.6 is 11.6 Å². The van der Waals surface area contributed by atoms with E-state index >= 15 is 0 Å². The Labute approximate surface area is 125 Å². The standard InChI is InChI=1S/C15H24ClN3O/c1-11(2)19-15(20)14(16)13(10-18-19)17-9-5-8-12-6-3-4-7-12/h10-12,17H,3-9H2,1-2H3. The van der Waals surface area contributed by atoms with Gasteiger partial charge in [-0.05, 0) is 32.6 Å². The number of nitrogens with one attached hydrogen (secondary N) is 1. The van der Waals surface area contributed by atoms with Crippen molar-refractivity contribution in [3.63, 3.8) is 0 Å². The molecule has 1 aliphatic carbocycles. The lowest BCUT2D eigenvalue weighted by atomic mass is 10.0. The molecule has 0 radical (unpaired) electrons. The fourth-order valence-electron chi connectivity index (χ4n) is 2.85. The molecule has 1 heterocycles. The summed E-state index contributed by atoms with van der Waals surface area (Å²) < 4.78 is 1.41. The van der Waals surface area contributed by atoms with Gasteiger partial charge in [0.1, 0.15) is 5.02 Å². The monoisotopic (exact) mass is 297 g/mol. The third-order valence-electron chi connectivity index (χ3n) is 4.01. The summed E-state index contributed by atoms with van der Waals surface area (Å²) in [6.07, 6.45) is 9.58. The smallest absolute Gasteiger partial charge is 0.287 e.